The van der Waals surface area contributed by atoms with E-state index in [2.05, 4.69) is 13.0 Å². The number of rotatable bonds is 8. The second kappa shape index (κ2) is 8.02. The average Bonchev–Trinajstić information content (AvgIpc) is 2.35. The van der Waals surface area contributed by atoms with Gasteiger partial charge >= 0.3 is 0 Å². The van der Waals surface area contributed by atoms with E-state index in [1.54, 1.807) is 0 Å². The van der Waals surface area contributed by atoms with Crippen LogP contribution in [0.5, 0.6) is 0 Å². The molecule has 0 atom stereocenters. The first-order valence-electron chi connectivity index (χ1n) is 6.47. The van der Waals surface area contributed by atoms with E-state index >= 15 is 0 Å². The van der Waals surface area contributed by atoms with Crippen LogP contribution in [0.1, 0.15) is 49.0 Å². The standard InChI is InChI=1S/C15H22O2/c1-3-7-13-8-5-9-14(12-13)15(16)10-6-11-17-4-2/h5,8-9,12H,3-4,6-7,10-11H2,1-2H3. The zero-order valence-electron chi connectivity index (χ0n) is 10.9. The molecular formula is C15H22O2. The lowest BCUT2D eigenvalue weighted by molar-refractivity contribution is 0.0947. The molecule has 0 amide bonds. The molecule has 94 valence electrons. The second-order valence-corrected chi connectivity index (χ2v) is 4.17. The molecule has 1 aromatic rings. The van der Waals surface area contributed by atoms with Crippen LogP contribution in [0.2, 0.25) is 0 Å². The smallest absolute Gasteiger partial charge is 0.162 e. The average molecular weight is 234 g/mol. The Morgan fingerprint density at radius 3 is 2.82 bits per heavy atom. The van der Waals surface area contributed by atoms with E-state index in [4.69, 9.17) is 4.74 Å². The van der Waals surface area contributed by atoms with Gasteiger partial charge in [-0.25, -0.2) is 0 Å². The van der Waals surface area contributed by atoms with Crippen molar-refractivity contribution < 1.29 is 9.53 Å². The number of ether oxygens (including phenoxy) is 1. The molecule has 1 aromatic carbocycles. The molecule has 0 bridgehead atoms. The fraction of sp³-hybridized carbons (Fsp3) is 0.533. The third-order valence-corrected chi connectivity index (χ3v) is 2.68. The molecule has 0 N–H and O–H groups in total. The van der Waals surface area contributed by atoms with Crippen molar-refractivity contribution in [1.82, 2.24) is 0 Å². The lowest BCUT2D eigenvalue weighted by Gasteiger charge is -2.04. The van der Waals surface area contributed by atoms with Gasteiger partial charge in [-0.15, -0.1) is 0 Å². The van der Waals surface area contributed by atoms with Crippen molar-refractivity contribution in [2.45, 2.75) is 39.5 Å². The molecule has 0 spiro atoms. The van der Waals surface area contributed by atoms with Crippen LogP contribution in [0.4, 0.5) is 0 Å². The Bertz CT molecular complexity index is 345. The number of Topliss-reactive ketones (excluding diaryl/α,β-unsaturated/α-hetero) is 1. The molecular weight excluding hydrogens is 212 g/mol. The molecule has 0 fully saturated rings. The lowest BCUT2D eigenvalue weighted by atomic mass is 10.0. The van der Waals surface area contributed by atoms with Gasteiger partial charge in [0.2, 0.25) is 0 Å². The van der Waals surface area contributed by atoms with E-state index in [-0.39, 0.29) is 5.78 Å². The van der Waals surface area contributed by atoms with Gasteiger partial charge in [0.05, 0.1) is 0 Å². The fourth-order valence-corrected chi connectivity index (χ4v) is 1.81. The van der Waals surface area contributed by atoms with Crippen LogP contribution in [0, 0.1) is 0 Å². The Balaban J connectivity index is 2.47. The summed E-state index contributed by atoms with van der Waals surface area (Å²) in [6.45, 7) is 5.52. The quantitative estimate of drug-likeness (QED) is 0.507. The first-order valence-corrected chi connectivity index (χ1v) is 6.47. The van der Waals surface area contributed by atoms with Gasteiger partial charge in [-0.1, -0.05) is 31.5 Å². The van der Waals surface area contributed by atoms with Gasteiger partial charge < -0.3 is 4.74 Å². The molecule has 0 aliphatic heterocycles. The summed E-state index contributed by atoms with van der Waals surface area (Å²) in [6.07, 6.45) is 3.54. The highest BCUT2D eigenvalue weighted by molar-refractivity contribution is 5.96. The van der Waals surface area contributed by atoms with Crippen LogP contribution in [0.15, 0.2) is 24.3 Å². The molecule has 0 unspecified atom stereocenters. The normalized spacial score (nSPS) is 10.5. The fourth-order valence-electron chi connectivity index (χ4n) is 1.81. The van der Waals surface area contributed by atoms with Crippen LogP contribution < -0.4 is 0 Å². The molecule has 0 saturated carbocycles. The molecule has 0 radical (unpaired) electrons. The van der Waals surface area contributed by atoms with E-state index in [1.165, 1.54) is 5.56 Å². The summed E-state index contributed by atoms with van der Waals surface area (Å²) in [4.78, 5) is 11.9. The van der Waals surface area contributed by atoms with E-state index in [9.17, 15) is 4.79 Å². The topological polar surface area (TPSA) is 26.3 Å². The maximum atomic E-state index is 11.9. The number of aryl methyl sites for hydroxylation is 1. The van der Waals surface area contributed by atoms with Crippen LogP contribution in [-0.4, -0.2) is 19.0 Å². The largest absolute Gasteiger partial charge is 0.382 e. The van der Waals surface area contributed by atoms with Crippen molar-refractivity contribution in [3.05, 3.63) is 35.4 Å². The first-order chi connectivity index (χ1) is 8.27. The van der Waals surface area contributed by atoms with Gasteiger partial charge in [-0.05, 0) is 31.4 Å². The van der Waals surface area contributed by atoms with Crippen molar-refractivity contribution in [3.8, 4) is 0 Å². The summed E-state index contributed by atoms with van der Waals surface area (Å²) < 4.78 is 5.23. The number of hydrogen-bond acceptors (Lipinski definition) is 2. The van der Waals surface area contributed by atoms with Gasteiger partial charge in [0, 0.05) is 25.2 Å². The number of carbonyl (C=O) groups excluding carboxylic acids is 1. The predicted molar refractivity (Wildman–Crippen MR) is 70.5 cm³/mol. The van der Waals surface area contributed by atoms with Gasteiger partial charge in [-0.3, -0.25) is 4.79 Å². The minimum atomic E-state index is 0.225. The Hall–Kier alpha value is -1.15. The summed E-state index contributed by atoms with van der Waals surface area (Å²) in [7, 11) is 0. The molecule has 2 heteroatoms. The van der Waals surface area contributed by atoms with Gasteiger partial charge in [0.1, 0.15) is 0 Å². The molecule has 2 nitrogen and oxygen atoms in total. The van der Waals surface area contributed by atoms with Gasteiger partial charge in [0.25, 0.3) is 0 Å². The molecule has 0 aliphatic rings. The third kappa shape index (κ3) is 5.14. The Labute approximate surface area is 104 Å². The number of ketones is 1. The van der Waals surface area contributed by atoms with Crippen LogP contribution >= 0.6 is 0 Å². The van der Waals surface area contributed by atoms with Crippen molar-refractivity contribution >= 4 is 5.78 Å². The first kappa shape index (κ1) is 13.9. The van der Waals surface area contributed by atoms with Crippen molar-refractivity contribution in [3.63, 3.8) is 0 Å². The number of carbonyl (C=O) groups is 1. The van der Waals surface area contributed by atoms with Crippen LogP contribution in [0.3, 0.4) is 0 Å². The maximum Gasteiger partial charge on any atom is 0.162 e. The van der Waals surface area contributed by atoms with E-state index in [0.29, 0.717) is 13.0 Å². The second-order valence-electron chi connectivity index (χ2n) is 4.17. The van der Waals surface area contributed by atoms with E-state index in [1.807, 2.05) is 25.1 Å². The minimum Gasteiger partial charge on any atom is -0.382 e. The Kier molecular flexibility index (Phi) is 6.56. The van der Waals surface area contributed by atoms with Crippen LogP contribution in [0.25, 0.3) is 0 Å². The highest BCUT2D eigenvalue weighted by Crippen LogP contribution is 2.10. The van der Waals surface area contributed by atoms with Gasteiger partial charge in [0.15, 0.2) is 5.78 Å². The van der Waals surface area contributed by atoms with Gasteiger partial charge in [-0.2, -0.15) is 0 Å². The zero-order chi connectivity index (χ0) is 12.5. The maximum absolute atomic E-state index is 11.9. The van der Waals surface area contributed by atoms with Crippen molar-refractivity contribution in [2.24, 2.45) is 0 Å². The summed E-state index contributed by atoms with van der Waals surface area (Å²) in [5, 5.41) is 0. The monoisotopic (exact) mass is 234 g/mol. The zero-order valence-corrected chi connectivity index (χ0v) is 10.9. The Morgan fingerprint density at radius 2 is 2.12 bits per heavy atom. The number of benzene rings is 1. The molecule has 17 heavy (non-hydrogen) atoms. The molecule has 1 rings (SSSR count). The lowest BCUT2D eigenvalue weighted by Crippen LogP contribution is -2.03. The SMILES string of the molecule is CCCc1cccc(C(=O)CCCOCC)c1. The summed E-state index contributed by atoms with van der Waals surface area (Å²) in [5.41, 5.74) is 2.09. The molecule has 0 aromatic heterocycles. The highest BCUT2D eigenvalue weighted by atomic mass is 16.5. The predicted octanol–water partition coefficient (Wildman–Crippen LogP) is 3.64. The van der Waals surface area contributed by atoms with E-state index < -0.39 is 0 Å². The Morgan fingerprint density at radius 1 is 1.29 bits per heavy atom. The van der Waals surface area contributed by atoms with Crippen molar-refractivity contribution in [2.75, 3.05) is 13.2 Å². The third-order valence-electron chi connectivity index (χ3n) is 2.68. The molecule has 0 saturated heterocycles. The molecule has 0 aliphatic carbocycles. The minimum absolute atomic E-state index is 0.225. The summed E-state index contributed by atoms with van der Waals surface area (Å²) >= 11 is 0. The highest BCUT2D eigenvalue weighted by Gasteiger charge is 2.05. The van der Waals surface area contributed by atoms with E-state index in [0.717, 1.165) is 31.4 Å². The summed E-state index contributed by atoms with van der Waals surface area (Å²) in [6, 6.07) is 7.98. The molecule has 0 heterocycles. The van der Waals surface area contributed by atoms with Crippen molar-refractivity contribution in [1.29, 1.82) is 0 Å². The number of hydrogen-bond donors (Lipinski definition) is 0. The summed E-state index contributed by atoms with van der Waals surface area (Å²) in [5.74, 6) is 0.225. The van der Waals surface area contributed by atoms with Crippen LogP contribution in [-0.2, 0) is 11.2 Å².